The number of nitrogens with zero attached hydrogens (tertiary/aromatic N) is 5. The molecule has 2 aromatic heterocycles. The minimum absolute atomic E-state index is 0.124. The molecule has 130 valence electrons. The molecule has 3 aromatic rings. The van der Waals surface area contributed by atoms with E-state index in [1.54, 1.807) is 6.20 Å². The summed E-state index contributed by atoms with van der Waals surface area (Å²) in [4.78, 5) is 21.6. The molecule has 0 spiro atoms. The minimum Gasteiger partial charge on any atom is -0.345 e. The Balaban J connectivity index is 1.51. The summed E-state index contributed by atoms with van der Waals surface area (Å²) in [6.45, 7) is 6.09. The molecule has 25 heavy (non-hydrogen) atoms. The predicted octanol–water partition coefficient (Wildman–Crippen LogP) is 2.25. The van der Waals surface area contributed by atoms with Crippen molar-refractivity contribution in [2.24, 2.45) is 0 Å². The lowest BCUT2D eigenvalue weighted by Gasteiger charge is -2.26. The summed E-state index contributed by atoms with van der Waals surface area (Å²) in [6, 6.07) is 12.6. The molecule has 0 bridgehead atoms. The largest absolute Gasteiger partial charge is 0.345 e. The normalized spacial score (nSPS) is 19.2. The van der Waals surface area contributed by atoms with Crippen molar-refractivity contribution in [3.8, 4) is 0 Å². The number of benzene rings is 1. The maximum atomic E-state index is 11.9. The lowest BCUT2D eigenvalue weighted by Crippen LogP contribution is -2.34. The van der Waals surface area contributed by atoms with Crippen LogP contribution in [-0.2, 0) is 6.54 Å². The van der Waals surface area contributed by atoms with Gasteiger partial charge in [0.15, 0.2) is 0 Å². The Labute approximate surface area is 150 Å². The Morgan fingerprint density at radius 1 is 1.16 bits per heavy atom. The van der Waals surface area contributed by atoms with Gasteiger partial charge in [-0.2, -0.15) is 4.52 Å². The van der Waals surface area contributed by atoms with Gasteiger partial charge in [-0.15, -0.1) is 5.10 Å². The van der Waals surface area contributed by atoms with Crippen LogP contribution in [0, 0.1) is 0 Å². The van der Waals surface area contributed by atoms with E-state index in [-0.39, 0.29) is 5.56 Å². The van der Waals surface area contributed by atoms with Crippen molar-refractivity contribution >= 4 is 21.4 Å². The Morgan fingerprint density at radius 3 is 2.80 bits per heavy atom. The van der Waals surface area contributed by atoms with Gasteiger partial charge in [0.25, 0.3) is 5.56 Å². The van der Waals surface area contributed by atoms with Gasteiger partial charge >= 0.3 is 0 Å². The van der Waals surface area contributed by atoms with Crippen LogP contribution in [0.3, 0.4) is 0 Å². The molecule has 1 unspecified atom stereocenters. The fourth-order valence-electron chi connectivity index (χ4n) is 3.21. The predicted molar refractivity (Wildman–Crippen MR) is 100 cm³/mol. The summed E-state index contributed by atoms with van der Waals surface area (Å²) in [5.74, 6) is 0. The highest BCUT2D eigenvalue weighted by molar-refractivity contribution is 7.20. The number of hydrogen-bond acceptors (Lipinski definition) is 6. The van der Waals surface area contributed by atoms with Crippen molar-refractivity contribution in [3.05, 3.63) is 58.5 Å². The fraction of sp³-hybridized carbons (Fsp3) is 0.389. The van der Waals surface area contributed by atoms with Crippen LogP contribution in [0.2, 0.25) is 0 Å². The van der Waals surface area contributed by atoms with Gasteiger partial charge in [0, 0.05) is 44.5 Å². The molecule has 1 atom stereocenters. The number of hydrogen-bond donors (Lipinski definition) is 0. The first-order chi connectivity index (χ1) is 12.2. The molecule has 0 aliphatic carbocycles. The molecule has 7 heteroatoms. The Kier molecular flexibility index (Phi) is 4.50. The SMILES string of the molecule is CC1CCN(c2nn3c(=O)ccnc3s2)CCN1Cc1ccccc1. The van der Waals surface area contributed by atoms with Crippen molar-refractivity contribution in [1.82, 2.24) is 19.5 Å². The van der Waals surface area contributed by atoms with Gasteiger partial charge in [-0.1, -0.05) is 41.7 Å². The van der Waals surface area contributed by atoms with Crippen LogP contribution in [0.15, 0.2) is 47.4 Å². The second-order valence-corrected chi connectivity index (χ2v) is 7.38. The lowest BCUT2D eigenvalue weighted by atomic mass is 10.1. The average Bonchev–Trinajstić information content (AvgIpc) is 2.98. The van der Waals surface area contributed by atoms with Gasteiger partial charge < -0.3 is 4.90 Å². The van der Waals surface area contributed by atoms with Crippen molar-refractivity contribution in [3.63, 3.8) is 0 Å². The highest BCUT2D eigenvalue weighted by Gasteiger charge is 2.23. The molecule has 6 nitrogen and oxygen atoms in total. The highest BCUT2D eigenvalue weighted by atomic mass is 32.1. The van der Waals surface area contributed by atoms with Crippen molar-refractivity contribution in [2.45, 2.75) is 25.9 Å². The van der Waals surface area contributed by atoms with Crippen molar-refractivity contribution in [2.75, 3.05) is 24.5 Å². The molecule has 1 saturated heterocycles. The van der Waals surface area contributed by atoms with E-state index < -0.39 is 0 Å². The Bertz CT molecular complexity index is 906. The molecule has 1 fully saturated rings. The summed E-state index contributed by atoms with van der Waals surface area (Å²) in [5.41, 5.74) is 1.22. The first kappa shape index (κ1) is 16.2. The number of aromatic nitrogens is 3. The smallest absolute Gasteiger partial charge is 0.275 e. The Morgan fingerprint density at radius 2 is 2.00 bits per heavy atom. The number of anilines is 1. The maximum Gasteiger partial charge on any atom is 0.275 e. The van der Waals surface area contributed by atoms with Crippen LogP contribution in [0.5, 0.6) is 0 Å². The third-order valence-electron chi connectivity index (χ3n) is 4.76. The topological polar surface area (TPSA) is 53.7 Å². The second-order valence-electron chi connectivity index (χ2n) is 6.44. The van der Waals surface area contributed by atoms with E-state index in [2.05, 4.69) is 57.1 Å². The van der Waals surface area contributed by atoms with Crippen molar-refractivity contribution < 1.29 is 0 Å². The van der Waals surface area contributed by atoms with Crippen LogP contribution >= 0.6 is 11.3 Å². The molecule has 0 amide bonds. The van der Waals surface area contributed by atoms with E-state index in [9.17, 15) is 4.79 Å². The molecule has 1 aromatic carbocycles. The maximum absolute atomic E-state index is 11.9. The summed E-state index contributed by atoms with van der Waals surface area (Å²) in [7, 11) is 0. The van der Waals surface area contributed by atoms with E-state index in [1.165, 1.54) is 27.5 Å². The van der Waals surface area contributed by atoms with Crippen molar-refractivity contribution in [1.29, 1.82) is 0 Å². The molecule has 3 heterocycles. The summed E-state index contributed by atoms with van der Waals surface area (Å²) < 4.78 is 1.40. The number of fused-ring (bicyclic) bond motifs is 1. The van der Waals surface area contributed by atoms with Crippen LogP contribution in [0.4, 0.5) is 5.13 Å². The monoisotopic (exact) mass is 355 g/mol. The zero-order valence-electron chi connectivity index (χ0n) is 14.2. The van der Waals surface area contributed by atoms with Gasteiger partial charge in [-0.3, -0.25) is 9.69 Å². The van der Waals surface area contributed by atoms with Crippen LogP contribution in [0.25, 0.3) is 4.96 Å². The van der Waals surface area contributed by atoms with Gasteiger partial charge in [0.2, 0.25) is 10.1 Å². The van der Waals surface area contributed by atoms with E-state index in [0.717, 1.165) is 37.7 Å². The molecule has 0 N–H and O–H groups in total. The third kappa shape index (κ3) is 3.43. The molecular formula is C18H21N5OS. The lowest BCUT2D eigenvalue weighted by molar-refractivity contribution is 0.212. The average molecular weight is 355 g/mol. The molecule has 1 aliphatic heterocycles. The zero-order chi connectivity index (χ0) is 17.2. The number of rotatable bonds is 3. The van der Waals surface area contributed by atoms with E-state index in [0.29, 0.717) is 11.0 Å². The van der Waals surface area contributed by atoms with Gasteiger partial charge in [0.1, 0.15) is 0 Å². The van der Waals surface area contributed by atoms with Crippen LogP contribution in [-0.4, -0.2) is 45.2 Å². The Hall–Kier alpha value is -2.25. The summed E-state index contributed by atoms with van der Waals surface area (Å²) in [5, 5.41) is 5.36. The summed E-state index contributed by atoms with van der Waals surface area (Å²) >= 11 is 1.48. The van der Waals surface area contributed by atoms with E-state index >= 15 is 0 Å². The highest BCUT2D eigenvalue weighted by Crippen LogP contribution is 2.24. The minimum atomic E-state index is -0.124. The first-order valence-electron chi connectivity index (χ1n) is 8.58. The molecule has 1 aliphatic rings. The van der Waals surface area contributed by atoms with Gasteiger partial charge in [-0.05, 0) is 18.9 Å². The summed E-state index contributed by atoms with van der Waals surface area (Å²) in [6.07, 6.45) is 2.62. The van der Waals surface area contributed by atoms with Crippen LogP contribution in [0.1, 0.15) is 18.9 Å². The second kappa shape index (κ2) is 6.93. The van der Waals surface area contributed by atoms with E-state index in [1.807, 2.05) is 0 Å². The molecule has 0 saturated carbocycles. The van der Waals surface area contributed by atoms with Crippen LogP contribution < -0.4 is 10.5 Å². The molecule has 0 radical (unpaired) electrons. The van der Waals surface area contributed by atoms with Gasteiger partial charge in [-0.25, -0.2) is 4.98 Å². The fourth-order valence-corrected chi connectivity index (χ4v) is 4.14. The van der Waals surface area contributed by atoms with Gasteiger partial charge in [0.05, 0.1) is 0 Å². The molecular weight excluding hydrogens is 334 g/mol. The quantitative estimate of drug-likeness (QED) is 0.721. The third-order valence-corrected chi connectivity index (χ3v) is 5.74. The zero-order valence-corrected chi connectivity index (χ0v) is 15.0. The standard InChI is InChI=1S/C18H21N5OS/c1-14-8-10-21(11-12-22(14)13-15-5-3-2-4-6-15)18-20-23-16(24)7-9-19-17(23)25-18/h2-7,9,14H,8,10-13H2,1H3. The molecule has 4 rings (SSSR count). The first-order valence-corrected chi connectivity index (χ1v) is 9.40. The van der Waals surface area contributed by atoms with E-state index in [4.69, 9.17) is 0 Å².